The van der Waals surface area contributed by atoms with E-state index in [1.54, 1.807) is 54.5 Å². The van der Waals surface area contributed by atoms with Gasteiger partial charge in [-0.15, -0.1) is 0 Å². The largest absolute Gasteiger partial charge is 0.507 e. The molecule has 1 N–H and O–H groups in total. The molecule has 1 fully saturated rings. The lowest BCUT2D eigenvalue weighted by Gasteiger charge is -2.25. The molecule has 0 saturated carbocycles. The second-order valence-corrected chi connectivity index (χ2v) is 7.87. The fraction of sp³-hybridized carbons (Fsp3) is 0.333. The van der Waals surface area contributed by atoms with Crippen LogP contribution in [0.25, 0.3) is 5.76 Å². The third kappa shape index (κ3) is 4.21. The summed E-state index contributed by atoms with van der Waals surface area (Å²) in [6.45, 7) is 4.39. The van der Waals surface area contributed by atoms with Gasteiger partial charge in [-0.3, -0.25) is 9.59 Å². The maximum atomic E-state index is 13.0. The van der Waals surface area contributed by atoms with Crippen molar-refractivity contribution in [1.82, 2.24) is 4.90 Å². The smallest absolute Gasteiger partial charge is 0.295 e. The van der Waals surface area contributed by atoms with Crippen LogP contribution < -0.4 is 4.74 Å². The van der Waals surface area contributed by atoms with Gasteiger partial charge in [-0.1, -0.05) is 43.5 Å². The first-order valence-corrected chi connectivity index (χ1v) is 10.5. The molecule has 1 heterocycles. The van der Waals surface area contributed by atoms with Gasteiger partial charge in [-0.25, -0.2) is 0 Å². The Bertz CT molecular complexity index is 981. The van der Waals surface area contributed by atoms with Crippen molar-refractivity contribution >= 4 is 29.1 Å². The van der Waals surface area contributed by atoms with Crippen molar-refractivity contribution in [2.45, 2.75) is 39.2 Å². The Kier molecular flexibility index (Phi) is 6.83. The van der Waals surface area contributed by atoms with Gasteiger partial charge in [0.25, 0.3) is 11.7 Å². The van der Waals surface area contributed by atoms with E-state index in [1.165, 1.54) is 0 Å². The summed E-state index contributed by atoms with van der Waals surface area (Å²) in [6.07, 6.45) is 2.74. The molecule has 1 amide bonds. The van der Waals surface area contributed by atoms with E-state index in [2.05, 4.69) is 6.92 Å². The van der Waals surface area contributed by atoms with E-state index in [4.69, 9.17) is 16.3 Å². The Hall–Kier alpha value is -2.79. The molecular weight excluding hydrogens is 402 g/mol. The number of amides is 1. The molecule has 1 aliphatic rings. The lowest BCUT2D eigenvalue weighted by Crippen LogP contribution is -2.30. The number of halogens is 1. The minimum Gasteiger partial charge on any atom is -0.507 e. The van der Waals surface area contributed by atoms with Gasteiger partial charge < -0.3 is 14.7 Å². The van der Waals surface area contributed by atoms with Crippen LogP contribution in [0.4, 0.5) is 0 Å². The van der Waals surface area contributed by atoms with Crippen molar-refractivity contribution < 1.29 is 19.4 Å². The number of unbranched alkanes of at least 4 members (excludes halogenated alkanes) is 2. The van der Waals surface area contributed by atoms with Crippen LogP contribution in [0, 0.1) is 6.92 Å². The van der Waals surface area contributed by atoms with Gasteiger partial charge in [0.1, 0.15) is 11.5 Å². The minimum absolute atomic E-state index is 0.100. The van der Waals surface area contributed by atoms with Gasteiger partial charge in [0.15, 0.2) is 0 Å². The number of ketones is 1. The number of carbonyl (C=O) groups excluding carboxylic acids is 2. The lowest BCUT2D eigenvalue weighted by molar-refractivity contribution is -0.139. The number of likely N-dealkylation sites (tertiary alicyclic amines) is 1. The molecule has 0 bridgehead atoms. The molecule has 0 aromatic heterocycles. The molecule has 1 aliphatic heterocycles. The fourth-order valence-electron chi connectivity index (χ4n) is 3.82. The van der Waals surface area contributed by atoms with Crippen molar-refractivity contribution in [1.29, 1.82) is 0 Å². The second kappa shape index (κ2) is 9.35. The third-order valence-corrected chi connectivity index (χ3v) is 5.65. The maximum absolute atomic E-state index is 13.0. The zero-order valence-electron chi connectivity index (χ0n) is 17.4. The topological polar surface area (TPSA) is 66.8 Å². The number of hydrogen-bond donors (Lipinski definition) is 1. The minimum atomic E-state index is -0.669. The van der Waals surface area contributed by atoms with Crippen LogP contribution in [0.15, 0.2) is 48.0 Å². The molecule has 2 aromatic rings. The predicted molar refractivity (Wildman–Crippen MR) is 118 cm³/mol. The average molecular weight is 428 g/mol. The summed E-state index contributed by atoms with van der Waals surface area (Å²) < 4.78 is 5.28. The fourth-order valence-corrected chi connectivity index (χ4v) is 3.94. The number of Topliss-reactive ketones (excluding diaryl/α,β-unsaturated/α-hetero) is 1. The number of nitrogens with zero attached hydrogens (tertiary/aromatic N) is 1. The van der Waals surface area contributed by atoms with Gasteiger partial charge in [-0.2, -0.15) is 0 Å². The number of hydrogen-bond acceptors (Lipinski definition) is 4. The highest BCUT2D eigenvalue weighted by molar-refractivity contribution is 6.46. The van der Waals surface area contributed by atoms with Crippen LogP contribution in [0.3, 0.4) is 0 Å². The highest BCUT2D eigenvalue weighted by Gasteiger charge is 2.45. The Morgan fingerprint density at radius 1 is 1.13 bits per heavy atom. The SMILES string of the molecule is CCCCCN1C(=O)C(=O)/C(=C(\O)c2ccc(OC)c(C)c2)C1c1ccc(Cl)cc1. The van der Waals surface area contributed by atoms with Crippen molar-refractivity contribution in [3.05, 3.63) is 69.8 Å². The Labute approximate surface area is 181 Å². The normalized spacial score (nSPS) is 18.1. The molecule has 0 radical (unpaired) electrons. The van der Waals surface area contributed by atoms with Crippen molar-refractivity contribution in [2.75, 3.05) is 13.7 Å². The summed E-state index contributed by atoms with van der Waals surface area (Å²) in [5.74, 6) is -0.756. The number of aliphatic hydroxyl groups is 1. The zero-order valence-corrected chi connectivity index (χ0v) is 18.2. The number of rotatable bonds is 7. The number of methoxy groups -OCH3 is 1. The zero-order chi connectivity index (χ0) is 21.8. The van der Waals surface area contributed by atoms with Crippen molar-refractivity contribution in [3.8, 4) is 5.75 Å². The van der Waals surface area contributed by atoms with E-state index >= 15 is 0 Å². The van der Waals surface area contributed by atoms with Gasteiger partial charge >= 0.3 is 0 Å². The molecule has 1 unspecified atom stereocenters. The van der Waals surface area contributed by atoms with E-state index in [0.717, 1.165) is 30.4 Å². The molecule has 0 spiro atoms. The third-order valence-electron chi connectivity index (χ3n) is 5.40. The van der Waals surface area contributed by atoms with E-state index < -0.39 is 17.7 Å². The summed E-state index contributed by atoms with van der Waals surface area (Å²) >= 11 is 6.03. The number of aliphatic hydroxyl groups excluding tert-OH is 1. The number of carbonyl (C=O) groups is 2. The van der Waals surface area contributed by atoms with E-state index in [1.807, 2.05) is 6.92 Å². The molecule has 2 aromatic carbocycles. The molecule has 5 nitrogen and oxygen atoms in total. The van der Waals surface area contributed by atoms with E-state index in [-0.39, 0.29) is 11.3 Å². The number of aryl methyl sites for hydroxylation is 1. The molecular formula is C24H26ClNO4. The summed E-state index contributed by atoms with van der Waals surface area (Å²) in [4.78, 5) is 27.4. The highest BCUT2D eigenvalue weighted by atomic mass is 35.5. The molecule has 6 heteroatoms. The first-order chi connectivity index (χ1) is 14.4. The van der Waals surface area contributed by atoms with E-state index in [9.17, 15) is 14.7 Å². The summed E-state index contributed by atoms with van der Waals surface area (Å²) in [5, 5.41) is 11.6. The van der Waals surface area contributed by atoms with Crippen LogP contribution in [-0.2, 0) is 9.59 Å². The van der Waals surface area contributed by atoms with Crippen molar-refractivity contribution in [2.24, 2.45) is 0 Å². The Balaban J connectivity index is 2.12. The van der Waals surface area contributed by atoms with Gasteiger partial charge in [0, 0.05) is 17.1 Å². The number of benzene rings is 2. The Morgan fingerprint density at radius 2 is 1.83 bits per heavy atom. The lowest BCUT2D eigenvalue weighted by atomic mass is 9.94. The van der Waals surface area contributed by atoms with Gasteiger partial charge in [0.05, 0.1) is 18.7 Å². The highest BCUT2D eigenvalue weighted by Crippen LogP contribution is 2.40. The summed E-state index contributed by atoms with van der Waals surface area (Å²) in [5.41, 5.74) is 2.13. The Morgan fingerprint density at radius 3 is 2.43 bits per heavy atom. The molecule has 0 aliphatic carbocycles. The van der Waals surface area contributed by atoms with Gasteiger partial charge in [0.2, 0.25) is 0 Å². The number of ether oxygens (including phenoxy) is 1. The van der Waals surface area contributed by atoms with Crippen LogP contribution >= 0.6 is 11.6 Å². The maximum Gasteiger partial charge on any atom is 0.295 e. The molecule has 158 valence electrons. The molecule has 1 atom stereocenters. The quantitative estimate of drug-likeness (QED) is 0.283. The average Bonchev–Trinajstić information content (AvgIpc) is 2.99. The van der Waals surface area contributed by atoms with Crippen molar-refractivity contribution in [3.63, 3.8) is 0 Å². The predicted octanol–water partition coefficient (Wildman–Crippen LogP) is 5.27. The van der Waals surface area contributed by atoms with E-state index in [0.29, 0.717) is 22.9 Å². The van der Waals surface area contributed by atoms with Crippen LogP contribution in [0.2, 0.25) is 5.02 Å². The second-order valence-electron chi connectivity index (χ2n) is 7.44. The van der Waals surface area contributed by atoms with Gasteiger partial charge in [-0.05, 0) is 54.8 Å². The first kappa shape index (κ1) is 21.9. The van der Waals surface area contributed by atoms with Crippen LogP contribution in [0.5, 0.6) is 5.75 Å². The summed E-state index contributed by atoms with van der Waals surface area (Å²) in [6, 6.07) is 11.5. The molecule has 3 rings (SSSR count). The summed E-state index contributed by atoms with van der Waals surface area (Å²) in [7, 11) is 1.57. The van der Waals surface area contributed by atoms with Crippen LogP contribution in [-0.4, -0.2) is 35.4 Å². The standard InChI is InChI=1S/C24H26ClNO4/c1-4-5-6-13-26-21(16-7-10-18(25)11-8-16)20(23(28)24(26)29)22(27)17-9-12-19(30-3)15(2)14-17/h7-12,14,21,27H,4-6,13H2,1-3H3/b22-20-. The molecule has 30 heavy (non-hydrogen) atoms. The molecule has 1 saturated heterocycles. The van der Waals surface area contributed by atoms with Crippen LogP contribution in [0.1, 0.15) is 48.9 Å². The monoisotopic (exact) mass is 427 g/mol. The first-order valence-electron chi connectivity index (χ1n) is 10.1.